The molecule has 2 rings (SSSR count). The summed E-state index contributed by atoms with van der Waals surface area (Å²) in [4.78, 5) is -0.0618. The lowest BCUT2D eigenvalue weighted by atomic mass is 10.0. The van der Waals surface area contributed by atoms with Gasteiger partial charge in [-0.25, -0.2) is 4.39 Å². The SMILES string of the molecule is CCOc1ccc(C(Br)c2cccc(F)c2Br)cc1. The van der Waals surface area contributed by atoms with Crippen LogP contribution in [-0.2, 0) is 0 Å². The maximum atomic E-state index is 13.5. The second-order valence-electron chi connectivity index (χ2n) is 4.01. The third-order valence-corrected chi connectivity index (χ3v) is 4.60. The van der Waals surface area contributed by atoms with Crippen LogP contribution in [-0.4, -0.2) is 6.61 Å². The van der Waals surface area contributed by atoms with Crippen molar-refractivity contribution in [3.05, 3.63) is 63.9 Å². The molecule has 0 aliphatic heterocycles. The Kier molecular flexibility index (Phi) is 4.99. The van der Waals surface area contributed by atoms with Crippen LogP contribution in [0.5, 0.6) is 5.75 Å². The molecule has 1 unspecified atom stereocenters. The molecular formula is C15H13Br2FO. The Labute approximate surface area is 129 Å². The van der Waals surface area contributed by atoms with Gasteiger partial charge in [0, 0.05) is 0 Å². The summed E-state index contributed by atoms with van der Waals surface area (Å²) in [6.07, 6.45) is 0. The Morgan fingerprint density at radius 2 is 1.84 bits per heavy atom. The van der Waals surface area contributed by atoms with Crippen molar-refractivity contribution in [2.75, 3.05) is 6.61 Å². The highest BCUT2D eigenvalue weighted by Gasteiger charge is 2.15. The molecule has 0 spiro atoms. The number of alkyl halides is 1. The number of benzene rings is 2. The molecule has 4 heteroatoms. The van der Waals surface area contributed by atoms with Crippen LogP contribution in [0.3, 0.4) is 0 Å². The van der Waals surface area contributed by atoms with Gasteiger partial charge in [0.2, 0.25) is 0 Å². The van der Waals surface area contributed by atoms with Crippen LogP contribution in [0.15, 0.2) is 46.9 Å². The summed E-state index contributed by atoms with van der Waals surface area (Å²) in [7, 11) is 0. The molecule has 0 saturated carbocycles. The number of ether oxygens (including phenoxy) is 1. The fourth-order valence-electron chi connectivity index (χ4n) is 1.80. The van der Waals surface area contributed by atoms with E-state index >= 15 is 0 Å². The van der Waals surface area contributed by atoms with Crippen LogP contribution in [0.2, 0.25) is 0 Å². The summed E-state index contributed by atoms with van der Waals surface area (Å²) >= 11 is 6.89. The van der Waals surface area contributed by atoms with Gasteiger partial charge in [0.05, 0.1) is 15.9 Å². The second kappa shape index (κ2) is 6.53. The predicted molar refractivity (Wildman–Crippen MR) is 82.5 cm³/mol. The van der Waals surface area contributed by atoms with Gasteiger partial charge in [-0.2, -0.15) is 0 Å². The predicted octanol–water partition coefficient (Wildman–Crippen LogP) is 5.47. The maximum absolute atomic E-state index is 13.5. The average Bonchev–Trinajstić information content (AvgIpc) is 2.42. The molecule has 100 valence electrons. The molecule has 0 radical (unpaired) electrons. The Morgan fingerprint density at radius 1 is 1.16 bits per heavy atom. The third-order valence-electron chi connectivity index (χ3n) is 2.74. The van der Waals surface area contributed by atoms with E-state index in [0.29, 0.717) is 11.1 Å². The molecule has 0 aliphatic rings. The van der Waals surface area contributed by atoms with E-state index in [1.807, 2.05) is 37.3 Å². The topological polar surface area (TPSA) is 9.23 Å². The van der Waals surface area contributed by atoms with Gasteiger partial charge in [-0.15, -0.1) is 0 Å². The molecule has 2 aromatic rings. The zero-order valence-corrected chi connectivity index (χ0v) is 13.5. The molecule has 1 atom stereocenters. The standard InChI is InChI=1S/C15H13Br2FO/c1-2-19-11-8-6-10(7-9-11)14(16)12-4-3-5-13(18)15(12)17/h3-9,14H,2H2,1H3. The summed E-state index contributed by atoms with van der Waals surface area (Å²) in [6, 6.07) is 12.8. The minimum absolute atomic E-state index is 0.0618. The second-order valence-corrected chi connectivity index (χ2v) is 5.72. The van der Waals surface area contributed by atoms with Crippen molar-refractivity contribution < 1.29 is 9.13 Å². The molecule has 1 nitrogen and oxygen atoms in total. The highest BCUT2D eigenvalue weighted by molar-refractivity contribution is 9.11. The van der Waals surface area contributed by atoms with E-state index in [1.54, 1.807) is 6.07 Å². The Bertz CT molecular complexity index is 555. The number of hydrogen-bond acceptors (Lipinski definition) is 1. The van der Waals surface area contributed by atoms with Crippen molar-refractivity contribution in [1.82, 2.24) is 0 Å². The van der Waals surface area contributed by atoms with Crippen LogP contribution in [0.4, 0.5) is 4.39 Å². The molecule has 0 amide bonds. The van der Waals surface area contributed by atoms with Crippen molar-refractivity contribution in [2.45, 2.75) is 11.8 Å². The van der Waals surface area contributed by atoms with Crippen molar-refractivity contribution in [1.29, 1.82) is 0 Å². The van der Waals surface area contributed by atoms with Gasteiger partial charge in [0.15, 0.2) is 0 Å². The average molecular weight is 388 g/mol. The molecule has 0 saturated heterocycles. The summed E-state index contributed by atoms with van der Waals surface area (Å²) in [5.41, 5.74) is 1.92. The summed E-state index contributed by atoms with van der Waals surface area (Å²) in [6.45, 7) is 2.59. The summed E-state index contributed by atoms with van der Waals surface area (Å²) < 4.78 is 19.4. The Balaban J connectivity index is 2.28. The first-order valence-corrected chi connectivity index (χ1v) is 7.65. The lowest BCUT2D eigenvalue weighted by Crippen LogP contribution is -1.96. The van der Waals surface area contributed by atoms with Crippen molar-refractivity contribution in [3.8, 4) is 5.75 Å². The van der Waals surface area contributed by atoms with Crippen LogP contribution < -0.4 is 4.74 Å². The van der Waals surface area contributed by atoms with Crippen LogP contribution in [0.25, 0.3) is 0 Å². The lowest BCUT2D eigenvalue weighted by Gasteiger charge is -2.13. The van der Waals surface area contributed by atoms with Gasteiger partial charge in [-0.05, 0) is 52.2 Å². The normalized spacial score (nSPS) is 12.2. The summed E-state index contributed by atoms with van der Waals surface area (Å²) in [5.74, 6) is 0.581. The van der Waals surface area contributed by atoms with Gasteiger partial charge in [0.1, 0.15) is 11.6 Å². The van der Waals surface area contributed by atoms with Crippen LogP contribution in [0.1, 0.15) is 22.9 Å². The highest BCUT2D eigenvalue weighted by atomic mass is 79.9. The van der Waals surface area contributed by atoms with Gasteiger partial charge < -0.3 is 4.74 Å². The van der Waals surface area contributed by atoms with Crippen molar-refractivity contribution in [3.63, 3.8) is 0 Å². The minimum atomic E-state index is -0.257. The van der Waals surface area contributed by atoms with Gasteiger partial charge >= 0.3 is 0 Å². The van der Waals surface area contributed by atoms with E-state index in [9.17, 15) is 4.39 Å². The number of rotatable bonds is 4. The quantitative estimate of drug-likeness (QED) is 0.632. The fourth-order valence-corrected chi connectivity index (χ4v) is 3.28. The Hall–Kier alpha value is -0.870. The first-order chi connectivity index (χ1) is 9.13. The first kappa shape index (κ1) is 14.5. The zero-order valence-electron chi connectivity index (χ0n) is 10.4. The molecule has 0 N–H and O–H groups in total. The summed E-state index contributed by atoms with van der Waals surface area (Å²) in [5, 5.41) is 0. The Morgan fingerprint density at radius 3 is 2.47 bits per heavy atom. The molecule has 0 fully saturated rings. The number of hydrogen-bond donors (Lipinski definition) is 0. The molecule has 0 heterocycles. The molecule has 19 heavy (non-hydrogen) atoms. The van der Waals surface area contributed by atoms with Crippen LogP contribution >= 0.6 is 31.9 Å². The van der Waals surface area contributed by atoms with E-state index in [0.717, 1.165) is 16.9 Å². The highest BCUT2D eigenvalue weighted by Crippen LogP contribution is 2.36. The van der Waals surface area contributed by atoms with Crippen molar-refractivity contribution >= 4 is 31.9 Å². The van der Waals surface area contributed by atoms with Gasteiger partial charge in [-0.1, -0.05) is 40.2 Å². The van der Waals surface area contributed by atoms with E-state index < -0.39 is 0 Å². The lowest BCUT2D eigenvalue weighted by molar-refractivity contribution is 0.340. The van der Waals surface area contributed by atoms with Crippen molar-refractivity contribution in [2.24, 2.45) is 0 Å². The van der Waals surface area contributed by atoms with Gasteiger partial charge in [0.25, 0.3) is 0 Å². The zero-order chi connectivity index (χ0) is 13.8. The molecular weight excluding hydrogens is 375 g/mol. The minimum Gasteiger partial charge on any atom is -0.494 e. The van der Waals surface area contributed by atoms with E-state index in [1.165, 1.54) is 6.07 Å². The molecule has 0 aromatic heterocycles. The van der Waals surface area contributed by atoms with Gasteiger partial charge in [-0.3, -0.25) is 0 Å². The fraction of sp³-hybridized carbons (Fsp3) is 0.200. The monoisotopic (exact) mass is 386 g/mol. The van der Waals surface area contributed by atoms with E-state index in [4.69, 9.17) is 4.74 Å². The van der Waals surface area contributed by atoms with Crippen LogP contribution in [0, 0.1) is 5.82 Å². The maximum Gasteiger partial charge on any atom is 0.137 e. The molecule has 0 aliphatic carbocycles. The largest absolute Gasteiger partial charge is 0.494 e. The molecule has 0 bridgehead atoms. The van der Waals surface area contributed by atoms with E-state index in [2.05, 4.69) is 31.9 Å². The third kappa shape index (κ3) is 3.37. The van der Waals surface area contributed by atoms with E-state index in [-0.39, 0.29) is 10.6 Å². The first-order valence-electron chi connectivity index (χ1n) is 5.94. The smallest absolute Gasteiger partial charge is 0.137 e. The molecule has 2 aromatic carbocycles. The number of halogens is 3.